The molecular formula is C18H19N3O4. The van der Waals surface area contributed by atoms with E-state index in [0.29, 0.717) is 36.2 Å². The van der Waals surface area contributed by atoms with Crippen molar-refractivity contribution in [2.45, 2.75) is 12.6 Å². The molecule has 4 N–H and O–H groups in total. The summed E-state index contributed by atoms with van der Waals surface area (Å²) in [6.07, 6.45) is -0.891. The van der Waals surface area contributed by atoms with Crippen molar-refractivity contribution in [3.8, 4) is 22.9 Å². The van der Waals surface area contributed by atoms with Gasteiger partial charge < -0.3 is 30.0 Å². The Morgan fingerprint density at radius 2 is 1.80 bits per heavy atom. The molecule has 1 aromatic heterocycles. The van der Waals surface area contributed by atoms with Crippen LogP contribution in [0.2, 0.25) is 0 Å². The van der Waals surface area contributed by atoms with Crippen LogP contribution in [0.4, 0.5) is 5.69 Å². The normalized spacial score (nSPS) is 14.6. The van der Waals surface area contributed by atoms with Gasteiger partial charge in [-0.05, 0) is 24.3 Å². The Balaban J connectivity index is 1.90. The van der Waals surface area contributed by atoms with Crippen molar-refractivity contribution in [1.82, 2.24) is 9.55 Å². The molecule has 25 heavy (non-hydrogen) atoms. The Bertz CT molecular complexity index is 905. The van der Waals surface area contributed by atoms with Gasteiger partial charge in [-0.15, -0.1) is 0 Å². The lowest BCUT2D eigenvalue weighted by Gasteiger charge is -2.18. The highest BCUT2D eigenvalue weighted by Gasteiger charge is 2.20. The van der Waals surface area contributed by atoms with Gasteiger partial charge in [-0.1, -0.05) is 0 Å². The van der Waals surface area contributed by atoms with Crippen LogP contribution in [0, 0.1) is 0 Å². The second kappa shape index (κ2) is 6.27. The topological polar surface area (TPSA) is 103 Å². The molecule has 2 heterocycles. The van der Waals surface area contributed by atoms with Crippen molar-refractivity contribution in [3.05, 3.63) is 36.4 Å². The Hall–Kier alpha value is -2.77. The van der Waals surface area contributed by atoms with Crippen molar-refractivity contribution >= 4 is 16.7 Å². The summed E-state index contributed by atoms with van der Waals surface area (Å²) < 4.78 is 13.2. The largest absolute Gasteiger partial charge is 0.486 e. The summed E-state index contributed by atoms with van der Waals surface area (Å²) in [7, 11) is 0. The third-order valence-corrected chi connectivity index (χ3v) is 4.19. The number of aromatic nitrogens is 2. The minimum atomic E-state index is -0.891. The summed E-state index contributed by atoms with van der Waals surface area (Å²) in [5.41, 5.74) is 8.85. The fraction of sp³-hybridized carbons (Fsp3) is 0.278. The monoisotopic (exact) mass is 341 g/mol. The van der Waals surface area contributed by atoms with E-state index in [4.69, 9.17) is 20.2 Å². The van der Waals surface area contributed by atoms with Crippen LogP contribution in [0.25, 0.3) is 22.4 Å². The number of nitrogens with zero attached hydrogens (tertiary/aromatic N) is 2. The maximum absolute atomic E-state index is 9.97. The van der Waals surface area contributed by atoms with Crippen LogP contribution >= 0.6 is 0 Å². The van der Waals surface area contributed by atoms with E-state index in [1.807, 2.05) is 28.8 Å². The molecule has 7 heteroatoms. The van der Waals surface area contributed by atoms with Gasteiger partial charge in [0.2, 0.25) is 0 Å². The van der Waals surface area contributed by atoms with E-state index in [0.717, 1.165) is 16.6 Å². The zero-order valence-electron chi connectivity index (χ0n) is 13.6. The van der Waals surface area contributed by atoms with E-state index in [1.54, 1.807) is 12.1 Å². The number of nitrogens with two attached hydrogens (primary N) is 1. The van der Waals surface area contributed by atoms with E-state index < -0.39 is 6.10 Å². The molecule has 0 amide bonds. The Morgan fingerprint density at radius 3 is 2.48 bits per heavy atom. The molecule has 0 bridgehead atoms. The van der Waals surface area contributed by atoms with Crippen LogP contribution in [0.15, 0.2) is 36.4 Å². The van der Waals surface area contributed by atoms with Gasteiger partial charge in [-0.25, -0.2) is 4.98 Å². The summed E-state index contributed by atoms with van der Waals surface area (Å²) in [6, 6.07) is 11.1. The molecule has 2 aromatic carbocycles. The van der Waals surface area contributed by atoms with Crippen molar-refractivity contribution in [2.24, 2.45) is 0 Å². The highest BCUT2D eigenvalue weighted by Crippen LogP contribution is 2.36. The molecule has 1 atom stereocenters. The van der Waals surface area contributed by atoms with E-state index in [-0.39, 0.29) is 13.2 Å². The van der Waals surface area contributed by atoms with E-state index in [2.05, 4.69) is 0 Å². The predicted molar refractivity (Wildman–Crippen MR) is 93.7 cm³/mol. The number of hydrogen-bond donors (Lipinski definition) is 3. The summed E-state index contributed by atoms with van der Waals surface area (Å²) >= 11 is 0. The van der Waals surface area contributed by atoms with Crippen LogP contribution in [0.3, 0.4) is 0 Å². The number of benzene rings is 2. The molecule has 3 aromatic rings. The summed E-state index contributed by atoms with van der Waals surface area (Å²) in [4.78, 5) is 4.70. The summed E-state index contributed by atoms with van der Waals surface area (Å²) in [6.45, 7) is 0.891. The van der Waals surface area contributed by atoms with Crippen LogP contribution in [-0.4, -0.2) is 45.7 Å². The van der Waals surface area contributed by atoms with E-state index in [1.165, 1.54) is 0 Å². The first-order valence-corrected chi connectivity index (χ1v) is 8.10. The van der Waals surface area contributed by atoms with Crippen LogP contribution in [0.1, 0.15) is 0 Å². The molecule has 1 aliphatic rings. The fourth-order valence-corrected chi connectivity index (χ4v) is 2.97. The summed E-state index contributed by atoms with van der Waals surface area (Å²) in [5.74, 6) is 2.00. The number of ether oxygens (including phenoxy) is 2. The molecule has 7 nitrogen and oxygen atoms in total. The lowest BCUT2D eigenvalue weighted by atomic mass is 10.2. The maximum atomic E-state index is 9.97. The second-order valence-electron chi connectivity index (χ2n) is 5.99. The number of nitrogen functional groups attached to an aromatic ring is 1. The molecule has 0 aliphatic carbocycles. The lowest BCUT2D eigenvalue weighted by molar-refractivity contribution is 0.0824. The minimum Gasteiger partial charge on any atom is -0.486 e. The lowest BCUT2D eigenvalue weighted by Crippen LogP contribution is -2.20. The number of aliphatic hydroxyl groups excluding tert-OH is 2. The van der Waals surface area contributed by atoms with Gasteiger partial charge in [-0.3, -0.25) is 0 Å². The van der Waals surface area contributed by atoms with Crippen LogP contribution in [-0.2, 0) is 6.54 Å². The number of imidazole rings is 1. The molecular weight excluding hydrogens is 322 g/mol. The van der Waals surface area contributed by atoms with E-state index >= 15 is 0 Å². The fourth-order valence-electron chi connectivity index (χ4n) is 2.97. The maximum Gasteiger partial charge on any atom is 0.163 e. The highest BCUT2D eigenvalue weighted by molar-refractivity contribution is 5.84. The standard InChI is InChI=1S/C18H19N3O4/c19-12-3-1-11(2-4-12)18-20-14-7-16-17(25-6-5-24-16)8-15(14)21(18)9-13(23)10-22/h1-4,7-8,13,22-23H,5-6,9-10,19H2. The van der Waals surface area contributed by atoms with Crippen molar-refractivity contribution in [3.63, 3.8) is 0 Å². The number of hydrogen-bond acceptors (Lipinski definition) is 6. The quantitative estimate of drug-likeness (QED) is 0.620. The van der Waals surface area contributed by atoms with Gasteiger partial charge in [0.15, 0.2) is 11.5 Å². The first-order valence-electron chi connectivity index (χ1n) is 8.10. The third-order valence-electron chi connectivity index (χ3n) is 4.19. The summed E-state index contributed by atoms with van der Waals surface area (Å²) in [5, 5.41) is 19.2. The van der Waals surface area contributed by atoms with Gasteiger partial charge in [0.05, 0.1) is 30.3 Å². The Kier molecular flexibility index (Phi) is 3.95. The first kappa shape index (κ1) is 15.7. The van der Waals surface area contributed by atoms with Crippen molar-refractivity contribution in [2.75, 3.05) is 25.6 Å². The average molecular weight is 341 g/mol. The average Bonchev–Trinajstić information content (AvgIpc) is 2.97. The third kappa shape index (κ3) is 2.88. The Morgan fingerprint density at radius 1 is 1.12 bits per heavy atom. The van der Waals surface area contributed by atoms with Gasteiger partial charge in [0, 0.05) is 23.4 Å². The molecule has 1 aliphatic heterocycles. The minimum absolute atomic E-state index is 0.215. The first-order chi connectivity index (χ1) is 12.2. The molecule has 0 fully saturated rings. The Labute approximate surface area is 144 Å². The van der Waals surface area contributed by atoms with Gasteiger partial charge in [0.25, 0.3) is 0 Å². The van der Waals surface area contributed by atoms with Crippen LogP contribution < -0.4 is 15.2 Å². The van der Waals surface area contributed by atoms with Crippen LogP contribution in [0.5, 0.6) is 11.5 Å². The van der Waals surface area contributed by atoms with Crippen molar-refractivity contribution < 1.29 is 19.7 Å². The van der Waals surface area contributed by atoms with E-state index in [9.17, 15) is 10.2 Å². The molecule has 4 rings (SSSR count). The zero-order chi connectivity index (χ0) is 17.4. The number of anilines is 1. The number of fused-ring (bicyclic) bond motifs is 2. The van der Waals surface area contributed by atoms with Gasteiger partial charge in [0.1, 0.15) is 19.0 Å². The molecule has 0 spiro atoms. The molecule has 0 saturated carbocycles. The molecule has 0 radical (unpaired) electrons. The SMILES string of the molecule is Nc1ccc(-c2nc3cc4c(cc3n2CC(O)CO)OCCO4)cc1. The number of aliphatic hydroxyl groups is 2. The zero-order valence-corrected chi connectivity index (χ0v) is 13.6. The van der Waals surface area contributed by atoms with Crippen molar-refractivity contribution in [1.29, 1.82) is 0 Å². The highest BCUT2D eigenvalue weighted by atomic mass is 16.6. The van der Waals surface area contributed by atoms with Gasteiger partial charge >= 0.3 is 0 Å². The number of rotatable bonds is 4. The molecule has 130 valence electrons. The predicted octanol–water partition coefficient (Wildman–Crippen LogP) is 1.41. The molecule has 0 saturated heterocycles. The smallest absolute Gasteiger partial charge is 0.163 e. The molecule has 1 unspecified atom stereocenters. The second-order valence-corrected chi connectivity index (χ2v) is 5.99. The van der Waals surface area contributed by atoms with Gasteiger partial charge in [-0.2, -0.15) is 0 Å².